The highest BCUT2D eigenvalue weighted by Crippen LogP contribution is 2.39. The molecule has 8 bridgehead atoms. The molecule has 11 nitrogen and oxygen atoms in total. The molecule has 0 aromatic carbocycles. The Kier molecular flexibility index (Phi) is 8.12. The van der Waals surface area contributed by atoms with Crippen molar-refractivity contribution in [1.29, 1.82) is 0 Å². The molecule has 45 heavy (non-hydrogen) atoms. The van der Waals surface area contributed by atoms with Gasteiger partial charge in [-0.2, -0.15) is 0 Å². The van der Waals surface area contributed by atoms with Crippen LogP contribution in [0.3, 0.4) is 0 Å². The Morgan fingerprint density at radius 1 is 0.889 bits per heavy atom. The van der Waals surface area contributed by atoms with Gasteiger partial charge >= 0.3 is 17.9 Å². The number of nitrogens with zero attached hydrogens (tertiary/aromatic N) is 3. The number of carboxylic acid groups (broad SMARTS) is 3. The lowest BCUT2D eigenvalue weighted by Gasteiger charge is -2.13. The fourth-order valence-electron chi connectivity index (χ4n) is 6.02. The van der Waals surface area contributed by atoms with Gasteiger partial charge in [-0.15, -0.1) is 0 Å². The van der Waals surface area contributed by atoms with Crippen LogP contribution < -0.4 is 10.7 Å². The molecule has 4 aliphatic rings. The Morgan fingerprint density at radius 2 is 1.60 bits per heavy atom. The number of fused-ring (bicyclic) bond motifs is 5. The van der Waals surface area contributed by atoms with Crippen LogP contribution in [0.2, 0.25) is 0 Å². The maximum Gasteiger partial charge on any atom is 0.338 e. The number of allylic oxidation sites excluding steroid dienone is 6. The van der Waals surface area contributed by atoms with Crippen molar-refractivity contribution in [2.45, 2.75) is 53.4 Å². The molecule has 5 rings (SSSR count). The summed E-state index contributed by atoms with van der Waals surface area (Å²) >= 11 is 0. The minimum atomic E-state index is -1.30. The first-order valence-corrected chi connectivity index (χ1v) is 14.3. The summed E-state index contributed by atoms with van der Waals surface area (Å²) in [6.45, 7) is 11.2. The molecule has 0 saturated carbocycles. The average Bonchev–Trinajstić information content (AvgIpc) is 3.67. The van der Waals surface area contributed by atoms with Crippen molar-refractivity contribution in [1.82, 2.24) is 4.98 Å². The average molecular weight is 609 g/mol. The molecule has 0 radical (unpaired) electrons. The summed E-state index contributed by atoms with van der Waals surface area (Å²) in [5, 5.41) is 41.4. The van der Waals surface area contributed by atoms with E-state index in [9.17, 15) is 34.8 Å². The highest BCUT2D eigenvalue weighted by atomic mass is 16.4. The van der Waals surface area contributed by atoms with E-state index in [1.807, 2.05) is 13.8 Å². The number of nitrogens with one attached hydrogen (secondary N) is 1. The molecule has 0 amide bonds. The maximum absolute atomic E-state index is 12.7. The van der Waals surface area contributed by atoms with E-state index in [1.165, 1.54) is 0 Å². The van der Waals surface area contributed by atoms with Crippen molar-refractivity contribution in [3.8, 4) is 0 Å². The maximum atomic E-state index is 12.7. The number of aliphatic hydroxyl groups excluding tert-OH is 1. The molecule has 0 unspecified atom stereocenters. The van der Waals surface area contributed by atoms with E-state index < -0.39 is 24.3 Å². The zero-order valence-electron chi connectivity index (χ0n) is 25.3. The minimum absolute atomic E-state index is 0.0440. The van der Waals surface area contributed by atoms with E-state index in [0.717, 1.165) is 17.4 Å². The fourth-order valence-corrected chi connectivity index (χ4v) is 6.02. The lowest BCUT2D eigenvalue weighted by Crippen LogP contribution is -2.17. The highest BCUT2D eigenvalue weighted by Gasteiger charge is 2.35. The Bertz CT molecular complexity index is 2040. The first-order chi connectivity index (χ1) is 21.4. The second-order valence-corrected chi connectivity index (χ2v) is 10.9. The van der Waals surface area contributed by atoms with Gasteiger partial charge in [0.05, 0.1) is 52.5 Å². The molecule has 5 N–H and O–H groups in total. The number of H-pyrrole nitrogens is 1. The third-order valence-corrected chi connectivity index (χ3v) is 8.33. The van der Waals surface area contributed by atoms with Crippen LogP contribution in [0.1, 0.15) is 57.6 Å². The molecule has 1 aromatic heterocycles. The molecule has 1 aromatic rings. The van der Waals surface area contributed by atoms with Gasteiger partial charge in [0.2, 0.25) is 0 Å². The number of carboxylic acids is 3. The topological polar surface area (TPSA) is 185 Å². The number of hydrogen-bond donors (Lipinski definition) is 5. The quantitative estimate of drug-likeness (QED) is 0.274. The van der Waals surface area contributed by atoms with Crippen LogP contribution in [0.4, 0.5) is 0 Å². The summed E-state index contributed by atoms with van der Waals surface area (Å²) in [6.07, 6.45) is 7.62. The third-order valence-electron chi connectivity index (χ3n) is 8.33. The summed E-state index contributed by atoms with van der Waals surface area (Å²) in [5.74, 6) is -3.57. The van der Waals surface area contributed by atoms with Gasteiger partial charge in [0.25, 0.3) is 0 Å². The number of hydrogen-bond acceptors (Lipinski definition) is 7. The van der Waals surface area contributed by atoms with Crippen molar-refractivity contribution in [2.75, 3.05) is 0 Å². The normalized spacial score (nSPS) is 18.5. The largest absolute Gasteiger partial charge is 0.515 e. The van der Waals surface area contributed by atoms with Crippen LogP contribution in [0.25, 0.3) is 18.2 Å². The van der Waals surface area contributed by atoms with Gasteiger partial charge in [-0.05, 0) is 79.7 Å². The third kappa shape index (κ3) is 5.37. The number of aromatic amines is 1. The minimum Gasteiger partial charge on any atom is -0.515 e. The lowest BCUT2D eigenvalue weighted by atomic mass is 9.91. The molecule has 4 aliphatic heterocycles. The predicted octanol–water partition coefficient (Wildman–Crippen LogP) is 4.21. The summed E-state index contributed by atoms with van der Waals surface area (Å²) in [4.78, 5) is 54.2. The van der Waals surface area contributed by atoms with Crippen LogP contribution in [0.15, 0.2) is 90.0 Å². The summed E-state index contributed by atoms with van der Waals surface area (Å²) in [5.41, 5.74) is 6.03. The van der Waals surface area contributed by atoms with E-state index in [1.54, 1.807) is 38.2 Å². The zero-order chi connectivity index (χ0) is 32.7. The van der Waals surface area contributed by atoms with Gasteiger partial charge in [-0.1, -0.05) is 19.6 Å². The number of rotatable bonds is 8. The molecule has 230 valence electrons. The second kappa shape index (κ2) is 11.8. The van der Waals surface area contributed by atoms with Crippen molar-refractivity contribution in [3.05, 3.63) is 96.8 Å². The fraction of sp³-hybridized carbons (Fsp3) is 0.235. The lowest BCUT2D eigenvalue weighted by molar-refractivity contribution is -0.137. The Hall–Kier alpha value is -5.58. The van der Waals surface area contributed by atoms with E-state index >= 15 is 0 Å². The molecule has 11 heteroatoms. The first-order valence-electron chi connectivity index (χ1n) is 14.3. The summed E-state index contributed by atoms with van der Waals surface area (Å²) < 4.78 is 0. The SMILES string of the molecule is C=Cc1c(C)c2[nH]c1=CC1=NC(=C(CC)/C1=C\O)C=C1N=C(C(CC(=O)O)=C3N=C(C=2)C(C)=C3CCC(=O)O)C(C(=O)O)=C1C. The van der Waals surface area contributed by atoms with E-state index in [-0.39, 0.29) is 41.1 Å². The molecule has 0 atom stereocenters. The Labute approximate surface area is 258 Å². The van der Waals surface area contributed by atoms with Gasteiger partial charge in [0, 0.05) is 33.8 Å². The number of aromatic nitrogens is 1. The van der Waals surface area contributed by atoms with Gasteiger partial charge in [0.1, 0.15) is 0 Å². The number of aliphatic carboxylic acids is 3. The van der Waals surface area contributed by atoms with Gasteiger partial charge in [-0.25, -0.2) is 19.8 Å². The molecule has 0 aliphatic carbocycles. The molecular formula is C34H32N4O7. The first kappa shape index (κ1) is 30.9. The van der Waals surface area contributed by atoms with Crippen molar-refractivity contribution < 1.29 is 34.8 Å². The van der Waals surface area contributed by atoms with E-state index in [2.05, 4.69) is 16.6 Å². The Balaban J connectivity index is 1.96. The summed E-state index contributed by atoms with van der Waals surface area (Å²) in [6, 6.07) is 0. The highest BCUT2D eigenvalue weighted by molar-refractivity contribution is 6.31. The second-order valence-electron chi connectivity index (χ2n) is 10.9. The molecule has 0 spiro atoms. The number of aliphatic hydroxyl groups is 1. The van der Waals surface area contributed by atoms with Crippen LogP contribution in [0, 0.1) is 6.92 Å². The molecule has 0 fully saturated rings. The standard InChI is InChI=1S/C34H32N4O7/c1-6-18-15(3)23-11-24-16(4)20(8-9-29(40)41)32(37-24)21(10-30(42)43)33-31(34(44)45)17(5)25(38-33)12-27-19(7-2)22(14-39)28(36-27)13-26(18)35-23/h6,11-14,35,39H,1,7-10H2,2-5H3,(H,40,41)(H,42,43)(H,44,45)/b22-14+,23-11?,25-12?,26-13?,32-21?. The molecule has 5 heterocycles. The van der Waals surface area contributed by atoms with Crippen molar-refractivity contribution in [3.63, 3.8) is 0 Å². The van der Waals surface area contributed by atoms with Crippen molar-refractivity contribution in [2.24, 2.45) is 15.0 Å². The monoisotopic (exact) mass is 608 g/mol. The van der Waals surface area contributed by atoms with Gasteiger partial charge < -0.3 is 25.4 Å². The Morgan fingerprint density at radius 3 is 2.20 bits per heavy atom. The van der Waals surface area contributed by atoms with Crippen molar-refractivity contribution >= 4 is 53.3 Å². The van der Waals surface area contributed by atoms with Gasteiger partial charge in [0.15, 0.2) is 0 Å². The number of aliphatic imine (C=N–C) groups is 3. The van der Waals surface area contributed by atoms with E-state index in [4.69, 9.17) is 9.98 Å². The van der Waals surface area contributed by atoms with Crippen LogP contribution in [-0.2, 0) is 14.4 Å². The molecule has 0 saturated heterocycles. The van der Waals surface area contributed by atoms with E-state index in [0.29, 0.717) is 62.1 Å². The predicted molar refractivity (Wildman–Crippen MR) is 171 cm³/mol. The van der Waals surface area contributed by atoms with Crippen LogP contribution in [0.5, 0.6) is 0 Å². The summed E-state index contributed by atoms with van der Waals surface area (Å²) in [7, 11) is 0. The molecular weight excluding hydrogens is 576 g/mol. The van der Waals surface area contributed by atoms with Crippen LogP contribution >= 0.6 is 0 Å². The van der Waals surface area contributed by atoms with Gasteiger partial charge in [-0.3, -0.25) is 9.59 Å². The van der Waals surface area contributed by atoms with Crippen LogP contribution in [-0.4, -0.2) is 60.5 Å². The smallest absolute Gasteiger partial charge is 0.338 e. The number of carbonyl (C=O) groups is 3. The zero-order valence-corrected chi connectivity index (χ0v) is 25.3.